The minimum atomic E-state index is -4.77. The number of hydrogen-bond acceptors (Lipinski definition) is 7. The number of aromatic nitrogens is 2. The zero-order valence-corrected chi connectivity index (χ0v) is 11.9. The van der Waals surface area contributed by atoms with Crippen molar-refractivity contribution in [3.8, 4) is 0 Å². The minimum Gasteiger partial charge on any atom is -0.452 e. The molecule has 24 heavy (non-hydrogen) atoms. The van der Waals surface area contributed by atoms with E-state index in [0.717, 1.165) is 4.57 Å². The second kappa shape index (κ2) is 6.75. The molecule has 0 amide bonds. The summed E-state index contributed by atoms with van der Waals surface area (Å²) in [5, 5.41) is 18.6. The van der Waals surface area contributed by atoms with Crippen molar-refractivity contribution in [3.05, 3.63) is 32.6 Å². The van der Waals surface area contributed by atoms with E-state index in [1.165, 1.54) is 0 Å². The fraction of sp³-hybridized carbons (Fsp3) is 0.583. The quantitative estimate of drug-likeness (QED) is 0.585. The highest BCUT2D eigenvalue weighted by atomic mass is 19.4. The van der Waals surface area contributed by atoms with Gasteiger partial charge in [0.05, 0.1) is 12.7 Å². The number of nitrogens with zero attached hydrogens (tertiary/aromatic N) is 1. The first-order valence-corrected chi connectivity index (χ1v) is 6.66. The van der Waals surface area contributed by atoms with Crippen LogP contribution in [0.5, 0.6) is 0 Å². The van der Waals surface area contributed by atoms with Gasteiger partial charge in [-0.1, -0.05) is 0 Å². The largest absolute Gasteiger partial charge is 0.452 e. The summed E-state index contributed by atoms with van der Waals surface area (Å²) >= 11 is 0. The van der Waals surface area contributed by atoms with Gasteiger partial charge in [-0.2, -0.15) is 13.2 Å². The first-order valence-electron chi connectivity index (χ1n) is 6.66. The number of alkyl halides is 3. The van der Waals surface area contributed by atoms with Crippen LogP contribution in [0.15, 0.2) is 15.8 Å². The number of ether oxygens (including phenoxy) is 2. The molecule has 0 aliphatic carbocycles. The Morgan fingerprint density at radius 3 is 2.67 bits per heavy atom. The highest BCUT2D eigenvalue weighted by Crippen LogP contribution is 2.27. The summed E-state index contributed by atoms with van der Waals surface area (Å²) in [6, 6.07) is 0. The lowest BCUT2D eigenvalue weighted by Gasteiger charge is -2.15. The van der Waals surface area contributed by atoms with E-state index in [2.05, 4.69) is 4.74 Å². The van der Waals surface area contributed by atoms with E-state index in [1.807, 2.05) is 0 Å². The molecule has 1 fully saturated rings. The third-order valence-corrected chi connectivity index (χ3v) is 3.25. The van der Waals surface area contributed by atoms with E-state index in [-0.39, 0.29) is 6.42 Å². The molecular formula is C12H13F3N2O7. The van der Waals surface area contributed by atoms with Gasteiger partial charge in [-0.3, -0.25) is 14.3 Å². The Labute approximate surface area is 131 Å². The van der Waals surface area contributed by atoms with Crippen LogP contribution in [0.1, 0.15) is 23.0 Å². The minimum absolute atomic E-state index is 0.131. The number of carbonyl (C=O) groups is 1. The van der Waals surface area contributed by atoms with Crippen LogP contribution in [0, 0.1) is 0 Å². The van der Waals surface area contributed by atoms with Gasteiger partial charge in [0.1, 0.15) is 17.9 Å². The van der Waals surface area contributed by atoms with Crippen LogP contribution in [-0.2, 0) is 9.47 Å². The predicted molar refractivity (Wildman–Crippen MR) is 69.3 cm³/mol. The number of rotatable bonds is 4. The molecule has 1 unspecified atom stereocenters. The molecule has 2 rings (SSSR count). The third kappa shape index (κ3) is 4.01. The second-order valence-electron chi connectivity index (χ2n) is 5.02. The summed E-state index contributed by atoms with van der Waals surface area (Å²) in [7, 11) is 0. The maximum absolute atomic E-state index is 12.1. The maximum atomic E-state index is 12.1. The lowest BCUT2D eigenvalue weighted by Crippen LogP contribution is -2.36. The monoisotopic (exact) mass is 354 g/mol. The highest BCUT2D eigenvalue weighted by molar-refractivity contribution is 5.88. The third-order valence-electron chi connectivity index (χ3n) is 3.25. The van der Waals surface area contributed by atoms with Crippen molar-refractivity contribution in [3.63, 3.8) is 0 Å². The zero-order valence-electron chi connectivity index (χ0n) is 11.9. The van der Waals surface area contributed by atoms with Crippen LogP contribution >= 0.6 is 0 Å². The summed E-state index contributed by atoms with van der Waals surface area (Å²) in [4.78, 5) is 36.7. The molecule has 1 aromatic heterocycles. The summed E-state index contributed by atoms with van der Waals surface area (Å²) < 4.78 is 46.0. The van der Waals surface area contributed by atoms with E-state index in [4.69, 9.17) is 9.84 Å². The number of H-pyrrole nitrogens is 1. The van der Waals surface area contributed by atoms with Crippen LogP contribution in [0.25, 0.3) is 0 Å². The van der Waals surface area contributed by atoms with Crippen molar-refractivity contribution in [2.45, 2.75) is 31.0 Å². The molecule has 0 aromatic carbocycles. The van der Waals surface area contributed by atoms with Crippen molar-refractivity contribution in [1.82, 2.24) is 9.55 Å². The van der Waals surface area contributed by atoms with E-state index in [9.17, 15) is 32.7 Å². The fourth-order valence-electron chi connectivity index (χ4n) is 2.12. The summed E-state index contributed by atoms with van der Waals surface area (Å²) in [5.41, 5.74) is -3.05. The molecule has 134 valence electrons. The number of aromatic amines is 1. The molecule has 0 radical (unpaired) electrons. The lowest BCUT2D eigenvalue weighted by molar-refractivity contribution is -0.161. The van der Waals surface area contributed by atoms with Gasteiger partial charge >= 0.3 is 17.8 Å². The molecule has 1 aromatic rings. The first kappa shape index (κ1) is 18.2. The average Bonchev–Trinajstić information content (AvgIpc) is 2.85. The van der Waals surface area contributed by atoms with Crippen LogP contribution in [0.4, 0.5) is 13.2 Å². The Balaban J connectivity index is 2.27. The smallest absolute Gasteiger partial charge is 0.422 e. The van der Waals surface area contributed by atoms with Gasteiger partial charge in [0, 0.05) is 12.6 Å². The number of esters is 1. The van der Waals surface area contributed by atoms with Crippen molar-refractivity contribution in [1.29, 1.82) is 0 Å². The molecule has 1 aliphatic heterocycles. The molecule has 12 heteroatoms. The first-order chi connectivity index (χ1) is 11.1. The van der Waals surface area contributed by atoms with Gasteiger partial charge < -0.3 is 19.7 Å². The summed E-state index contributed by atoms with van der Waals surface area (Å²) in [6.45, 7) is -2.42. The molecular weight excluding hydrogens is 341 g/mol. The van der Waals surface area contributed by atoms with E-state index >= 15 is 0 Å². The standard InChI is InChI=1S/C12H13F3N2O7/c13-12(14,15)4-23-10(21)5-2-17(11(22)16-9(5)20)8-1-6(19)7(3-18)24-8/h2,6-8,18-19H,1,3-4H2,(H,16,20,22)/t6?,7-,8-/m0/s1. The molecule has 0 spiro atoms. The van der Waals surface area contributed by atoms with Gasteiger partial charge in [-0.25, -0.2) is 9.59 Å². The SMILES string of the molecule is O=C(OCC(F)(F)F)c1cn([C@@H]2CC(O)[C@H](CO)O2)c(=O)[nH]c1=O. The summed E-state index contributed by atoms with van der Waals surface area (Å²) in [5.74, 6) is -1.57. The van der Waals surface area contributed by atoms with Gasteiger partial charge in [0.2, 0.25) is 0 Å². The fourth-order valence-corrected chi connectivity index (χ4v) is 2.12. The molecule has 2 heterocycles. The van der Waals surface area contributed by atoms with Crippen molar-refractivity contribution in [2.75, 3.05) is 13.2 Å². The lowest BCUT2D eigenvalue weighted by atomic mass is 10.2. The number of halogens is 3. The Hall–Kier alpha value is -2.18. The molecule has 9 nitrogen and oxygen atoms in total. The van der Waals surface area contributed by atoms with Crippen LogP contribution in [0.2, 0.25) is 0 Å². The molecule has 1 aliphatic rings. The summed E-state index contributed by atoms with van der Waals surface area (Å²) in [6.07, 6.45) is -7.40. The highest BCUT2D eigenvalue weighted by Gasteiger charge is 2.36. The molecule has 3 atom stereocenters. The predicted octanol–water partition coefficient (Wildman–Crippen LogP) is -1.10. The molecule has 3 N–H and O–H groups in total. The normalized spacial score (nSPS) is 24.1. The van der Waals surface area contributed by atoms with Gasteiger partial charge in [0.15, 0.2) is 6.61 Å². The molecule has 0 saturated carbocycles. The Kier molecular flexibility index (Phi) is 5.11. The van der Waals surface area contributed by atoms with Crippen molar-refractivity contribution >= 4 is 5.97 Å². The molecule has 1 saturated heterocycles. The number of nitrogens with one attached hydrogen (secondary N) is 1. The zero-order chi connectivity index (χ0) is 18.1. The average molecular weight is 354 g/mol. The molecule has 0 bridgehead atoms. The van der Waals surface area contributed by atoms with Gasteiger partial charge in [0.25, 0.3) is 5.56 Å². The van der Waals surface area contributed by atoms with E-state index < -0.39 is 60.6 Å². The number of hydrogen-bond donors (Lipinski definition) is 3. The van der Waals surface area contributed by atoms with Gasteiger partial charge in [-0.15, -0.1) is 0 Å². The number of aliphatic hydroxyl groups is 2. The van der Waals surface area contributed by atoms with Crippen molar-refractivity contribution in [2.24, 2.45) is 0 Å². The van der Waals surface area contributed by atoms with Crippen LogP contribution in [0.3, 0.4) is 0 Å². The maximum Gasteiger partial charge on any atom is 0.422 e. The Bertz CT molecular complexity index is 727. The number of aliphatic hydroxyl groups excluding tert-OH is 2. The Morgan fingerprint density at radius 2 is 2.12 bits per heavy atom. The van der Waals surface area contributed by atoms with Gasteiger partial charge in [-0.05, 0) is 0 Å². The van der Waals surface area contributed by atoms with Crippen LogP contribution in [-0.4, -0.2) is 57.3 Å². The van der Waals surface area contributed by atoms with Crippen molar-refractivity contribution < 1.29 is 37.7 Å². The topological polar surface area (TPSA) is 131 Å². The number of carbonyl (C=O) groups excluding carboxylic acids is 1. The second-order valence-corrected chi connectivity index (χ2v) is 5.02. The van der Waals surface area contributed by atoms with E-state index in [0.29, 0.717) is 6.20 Å². The van der Waals surface area contributed by atoms with E-state index in [1.54, 1.807) is 4.98 Å². The Morgan fingerprint density at radius 1 is 1.46 bits per heavy atom. The van der Waals surface area contributed by atoms with Crippen LogP contribution < -0.4 is 11.2 Å².